The molecule has 3 aromatic rings. The van der Waals surface area contributed by atoms with Crippen LogP contribution in [-0.4, -0.2) is 15.4 Å². The van der Waals surface area contributed by atoms with Crippen LogP contribution < -0.4 is 4.80 Å². The van der Waals surface area contributed by atoms with E-state index in [0.29, 0.717) is 9.68 Å². The molecule has 0 bridgehead atoms. The Morgan fingerprint density at radius 2 is 2.08 bits per heavy atom. The van der Waals surface area contributed by atoms with Gasteiger partial charge >= 0.3 is 5.00 Å². The van der Waals surface area contributed by atoms with Gasteiger partial charge in [-0.1, -0.05) is 28.7 Å². The van der Waals surface area contributed by atoms with Crippen molar-refractivity contribution in [3.8, 4) is 0 Å². The Hall–Kier alpha value is -2.58. The van der Waals surface area contributed by atoms with Gasteiger partial charge in [0.15, 0.2) is 4.80 Å². The maximum atomic E-state index is 12.2. The molecule has 0 saturated carbocycles. The van der Waals surface area contributed by atoms with E-state index in [-0.39, 0.29) is 10.9 Å². The van der Waals surface area contributed by atoms with Crippen molar-refractivity contribution >= 4 is 49.9 Å². The van der Waals surface area contributed by atoms with Crippen molar-refractivity contribution in [2.24, 2.45) is 4.99 Å². The maximum Gasteiger partial charge on any atom is 0.324 e. The minimum absolute atomic E-state index is 0.0493. The van der Waals surface area contributed by atoms with Gasteiger partial charge in [-0.2, -0.15) is 4.99 Å². The van der Waals surface area contributed by atoms with E-state index < -0.39 is 4.92 Å². The molecule has 2 aromatic heterocycles. The van der Waals surface area contributed by atoms with Crippen LogP contribution in [0.2, 0.25) is 0 Å². The molecule has 0 N–H and O–H groups in total. The quantitative estimate of drug-likeness (QED) is 0.377. The molecule has 1 aromatic carbocycles. The van der Waals surface area contributed by atoms with E-state index in [1.165, 1.54) is 34.6 Å². The summed E-state index contributed by atoms with van der Waals surface area (Å²) in [5.41, 5.74) is 3.43. The van der Waals surface area contributed by atoms with Crippen molar-refractivity contribution < 1.29 is 9.72 Å². The number of carbonyl (C=O) groups excluding carboxylic acids is 1. The van der Waals surface area contributed by atoms with E-state index >= 15 is 0 Å². The van der Waals surface area contributed by atoms with Gasteiger partial charge in [0, 0.05) is 23.6 Å². The van der Waals surface area contributed by atoms with Gasteiger partial charge in [0.05, 0.1) is 15.1 Å². The van der Waals surface area contributed by atoms with Gasteiger partial charge in [-0.15, -0.1) is 0 Å². The molecule has 0 unspecified atom stereocenters. The fourth-order valence-electron chi connectivity index (χ4n) is 2.72. The lowest BCUT2D eigenvalue weighted by molar-refractivity contribution is -0.380. The molecular formula is C18H17N3O3S2. The number of thiophene rings is 1. The van der Waals surface area contributed by atoms with Crippen molar-refractivity contribution in [2.75, 3.05) is 0 Å². The molecule has 0 aliphatic carbocycles. The van der Waals surface area contributed by atoms with E-state index in [4.69, 9.17) is 0 Å². The fourth-order valence-corrected chi connectivity index (χ4v) is 4.59. The van der Waals surface area contributed by atoms with Gasteiger partial charge < -0.3 is 4.57 Å². The number of thiazole rings is 1. The van der Waals surface area contributed by atoms with Crippen LogP contribution >= 0.6 is 22.7 Å². The van der Waals surface area contributed by atoms with Crippen LogP contribution in [-0.2, 0) is 11.3 Å². The molecule has 8 heteroatoms. The second-order valence-corrected chi connectivity index (χ2v) is 7.85. The first kappa shape index (κ1) is 18.2. The standard InChI is InChI=1S/C18H17N3O3S2/c1-4-20-14-10-11(2)9-12(3)17(14)26-18(20)19-15(22)7-5-13-6-8-16(25-13)21(23)24/h5-10H,4H2,1-3H3. The zero-order chi connectivity index (χ0) is 18.8. The number of benzene rings is 1. The molecule has 0 aliphatic heterocycles. The molecule has 3 rings (SSSR count). The largest absolute Gasteiger partial charge is 0.324 e. The third-order valence-corrected chi connectivity index (χ3v) is 6.05. The monoisotopic (exact) mass is 387 g/mol. The molecule has 0 saturated heterocycles. The van der Waals surface area contributed by atoms with Gasteiger partial charge in [0.25, 0.3) is 5.91 Å². The number of nitrogens with zero attached hydrogens (tertiary/aromatic N) is 3. The van der Waals surface area contributed by atoms with Crippen LogP contribution in [0.4, 0.5) is 5.00 Å². The third kappa shape index (κ3) is 3.66. The highest BCUT2D eigenvalue weighted by Gasteiger charge is 2.10. The van der Waals surface area contributed by atoms with Gasteiger partial charge in [-0.25, -0.2) is 0 Å². The van der Waals surface area contributed by atoms with E-state index in [2.05, 4.69) is 31.0 Å². The lowest BCUT2D eigenvalue weighted by atomic mass is 10.1. The summed E-state index contributed by atoms with van der Waals surface area (Å²) in [4.78, 5) is 28.0. The number of hydrogen-bond donors (Lipinski definition) is 0. The van der Waals surface area contributed by atoms with Crippen LogP contribution in [0.5, 0.6) is 0 Å². The van der Waals surface area contributed by atoms with E-state index in [1.54, 1.807) is 12.1 Å². The minimum Gasteiger partial charge on any atom is -0.317 e. The zero-order valence-electron chi connectivity index (χ0n) is 14.6. The molecule has 0 atom stereocenters. The molecule has 0 aliphatic rings. The summed E-state index contributed by atoms with van der Waals surface area (Å²) in [7, 11) is 0. The second-order valence-electron chi connectivity index (χ2n) is 5.78. The molecular weight excluding hydrogens is 370 g/mol. The summed E-state index contributed by atoms with van der Waals surface area (Å²) < 4.78 is 3.16. The van der Waals surface area contributed by atoms with Gasteiger partial charge in [0.1, 0.15) is 0 Å². The van der Waals surface area contributed by atoms with Crippen molar-refractivity contribution in [1.82, 2.24) is 4.57 Å². The number of carbonyl (C=O) groups is 1. The average molecular weight is 387 g/mol. The summed E-state index contributed by atoms with van der Waals surface area (Å²) >= 11 is 2.52. The lowest BCUT2D eigenvalue weighted by Crippen LogP contribution is -2.15. The number of rotatable bonds is 4. The van der Waals surface area contributed by atoms with Crippen LogP contribution in [0.1, 0.15) is 22.9 Å². The number of fused-ring (bicyclic) bond motifs is 1. The molecule has 6 nitrogen and oxygen atoms in total. The van der Waals surface area contributed by atoms with Crippen molar-refractivity contribution in [3.63, 3.8) is 0 Å². The maximum absolute atomic E-state index is 12.2. The minimum atomic E-state index is -0.445. The molecule has 2 heterocycles. The third-order valence-electron chi connectivity index (χ3n) is 3.82. The second kappa shape index (κ2) is 7.35. The highest BCUT2D eigenvalue weighted by Crippen LogP contribution is 2.25. The van der Waals surface area contributed by atoms with E-state index in [9.17, 15) is 14.9 Å². The topological polar surface area (TPSA) is 77.5 Å². The Bertz CT molecular complexity index is 1100. The van der Waals surface area contributed by atoms with Crippen molar-refractivity contribution in [1.29, 1.82) is 0 Å². The Labute approximate surface area is 157 Å². The predicted octanol–water partition coefficient (Wildman–Crippen LogP) is 4.45. The lowest BCUT2D eigenvalue weighted by Gasteiger charge is -2.02. The van der Waals surface area contributed by atoms with Gasteiger partial charge in [0.2, 0.25) is 0 Å². The summed E-state index contributed by atoms with van der Waals surface area (Å²) in [6.45, 7) is 6.85. The fraction of sp³-hybridized carbons (Fsp3) is 0.222. The molecule has 0 fully saturated rings. The van der Waals surface area contributed by atoms with Gasteiger partial charge in [-0.05, 0) is 50.1 Å². The Morgan fingerprint density at radius 3 is 2.73 bits per heavy atom. The number of aromatic nitrogens is 1. The molecule has 26 heavy (non-hydrogen) atoms. The summed E-state index contributed by atoms with van der Waals surface area (Å²) in [6.07, 6.45) is 2.90. The van der Waals surface area contributed by atoms with Crippen molar-refractivity contribution in [3.05, 3.63) is 61.3 Å². The van der Waals surface area contributed by atoms with E-state index in [1.807, 2.05) is 11.5 Å². The van der Waals surface area contributed by atoms with Gasteiger partial charge in [-0.3, -0.25) is 14.9 Å². The number of amides is 1. The molecule has 0 spiro atoms. The Morgan fingerprint density at radius 1 is 1.31 bits per heavy atom. The first-order valence-corrected chi connectivity index (χ1v) is 9.64. The summed E-state index contributed by atoms with van der Waals surface area (Å²) in [5, 5.41) is 10.8. The Kier molecular flexibility index (Phi) is 5.15. The Balaban J connectivity index is 1.95. The smallest absolute Gasteiger partial charge is 0.317 e. The average Bonchev–Trinajstić information content (AvgIpc) is 3.17. The normalized spacial score (nSPS) is 12.3. The first-order valence-electron chi connectivity index (χ1n) is 8.00. The number of hydrogen-bond acceptors (Lipinski definition) is 5. The molecule has 134 valence electrons. The molecule has 0 radical (unpaired) electrons. The predicted molar refractivity (Wildman–Crippen MR) is 106 cm³/mol. The summed E-state index contributed by atoms with van der Waals surface area (Å²) in [6, 6.07) is 7.26. The SMILES string of the molecule is CCn1c(=NC(=O)C=Cc2ccc([N+](=O)[O-])s2)sc2c(C)cc(C)cc21. The van der Waals surface area contributed by atoms with Crippen LogP contribution in [0.15, 0.2) is 35.3 Å². The van der Waals surface area contributed by atoms with Crippen molar-refractivity contribution in [2.45, 2.75) is 27.3 Å². The van der Waals surface area contributed by atoms with E-state index in [0.717, 1.165) is 28.1 Å². The highest BCUT2D eigenvalue weighted by atomic mass is 32.1. The number of aryl methyl sites for hydroxylation is 3. The van der Waals surface area contributed by atoms with Crippen LogP contribution in [0, 0.1) is 24.0 Å². The molecule has 1 amide bonds. The number of nitro groups is 1. The zero-order valence-corrected chi connectivity index (χ0v) is 16.2. The first-order chi connectivity index (χ1) is 12.4. The summed E-state index contributed by atoms with van der Waals surface area (Å²) in [5.74, 6) is -0.385. The van der Waals surface area contributed by atoms with Crippen LogP contribution in [0.3, 0.4) is 0 Å². The van der Waals surface area contributed by atoms with Crippen LogP contribution in [0.25, 0.3) is 16.3 Å². The highest BCUT2D eigenvalue weighted by molar-refractivity contribution is 7.16.